The molecule has 0 atom stereocenters. The molecule has 2 aromatic carbocycles. The van der Waals surface area contributed by atoms with Crippen LogP contribution in [0.4, 0.5) is 10.1 Å². The van der Waals surface area contributed by atoms with Gasteiger partial charge in [-0.05, 0) is 12.1 Å². The highest BCUT2D eigenvalue weighted by Crippen LogP contribution is 2.28. The first-order valence-corrected chi connectivity index (χ1v) is 8.84. The summed E-state index contributed by atoms with van der Waals surface area (Å²) in [5.74, 6) is -2.54. The van der Waals surface area contributed by atoms with Gasteiger partial charge in [-0.3, -0.25) is 9.59 Å². The average molecular weight is 398 g/mol. The minimum absolute atomic E-state index is 0.00240. The fourth-order valence-corrected chi connectivity index (χ4v) is 3.06. The van der Waals surface area contributed by atoms with E-state index in [1.54, 1.807) is 30.3 Å². The van der Waals surface area contributed by atoms with Crippen molar-refractivity contribution in [1.82, 2.24) is 4.90 Å². The molecule has 0 saturated heterocycles. The van der Waals surface area contributed by atoms with Gasteiger partial charge >= 0.3 is 5.97 Å². The van der Waals surface area contributed by atoms with Gasteiger partial charge in [-0.1, -0.05) is 36.4 Å². The summed E-state index contributed by atoms with van der Waals surface area (Å²) in [5.41, 5.74) is -0.0360. The normalized spacial score (nSPS) is 13.6. The number of nitrogens with zero attached hydrogens (tertiary/aromatic N) is 1. The number of aliphatic hydroxyl groups excluding tert-OH is 1. The standard InChI is InChI=1S/C21H19FN2O5/c1-29-21(28)15-12-24(10-11-25)20(27)18(15)23-17-14(8-5-9-16(17)22)19(26)13-6-3-2-4-7-13/h2-9,23,25H,10-12H2,1H3. The zero-order chi connectivity index (χ0) is 21.0. The predicted octanol–water partition coefficient (Wildman–Crippen LogP) is 1.73. The average Bonchev–Trinajstić information content (AvgIpc) is 3.05. The lowest BCUT2D eigenvalue weighted by molar-refractivity contribution is -0.136. The van der Waals surface area contributed by atoms with Gasteiger partial charge in [0, 0.05) is 17.7 Å². The molecule has 0 aromatic heterocycles. The SMILES string of the molecule is COC(=O)C1=C(Nc2c(F)cccc2C(=O)c2ccccc2)C(=O)N(CCO)C1. The number of methoxy groups -OCH3 is 1. The van der Waals surface area contributed by atoms with Crippen molar-refractivity contribution in [3.05, 3.63) is 76.7 Å². The topological polar surface area (TPSA) is 95.9 Å². The van der Waals surface area contributed by atoms with Gasteiger partial charge < -0.3 is 20.1 Å². The van der Waals surface area contributed by atoms with Crippen molar-refractivity contribution < 1.29 is 28.6 Å². The second kappa shape index (κ2) is 8.66. The van der Waals surface area contributed by atoms with Crippen LogP contribution in [-0.4, -0.2) is 54.5 Å². The fraction of sp³-hybridized carbons (Fsp3) is 0.190. The lowest BCUT2D eigenvalue weighted by atomic mass is 10.0. The summed E-state index contributed by atoms with van der Waals surface area (Å²) in [6.07, 6.45) is 0. The molecule has 0 unspecified atom stereocenters. The molecule has 1 aliphatic rings. The van der Waals surface area contributed by atoms with Crippen LogP contribution in [0.5, 0.6) is 0 Å². The minimum Gasteiger partial charge on any atom is -0.466 e. The van der Waals surface area contributed by atoms with Gasteiger partial charge in [-0.2, -0.15) is 0 Å². The van der Waals surface area contributed by atoms with Crippen molar-refractivity contribution in [2.45, 2.75) is 0 Å². The van der Waals surface area contributed by atoms with Crippen LogP contribution in [0.1, 0.15) is 15.9 Å². The van der Waals surface area contributed by atoms with Crippen molar-refractivity contribution in [1.29, 1.82) is 0 Å². The lowest BCUT2D eigenvalue weighted by Gasteiger charge is -2.16. The number of carbonyl (C=O) groups is 3. The smallest absolute Gasteiger partial charge is 0.337 e. The molecule has 1 aliphatic heterocycles. The zero-order valence-electron chi connectivity index (χ0n) is 15.6. The van der Waals surface area contributed by atoms with Gasteiger partial charge in [-0.25, -0.2) is 9.18 Å². The Kier molecular flexibility index (Phi) is 6.04. The first-order chi connectivity index (χ1) is 14.0. The van der Waals surface area contributed by atoms with E-state index in [4.69, 9.17) is 9.84 Å². The van der Waals surface area contributed by atoms with Crippen molar-refractivity contribution in [3.8, 4) is 0 Å². The third kappa shape index (κ3) is 4.02. The van der Waals surface area contributed by atoms with Crippen molar-refractivity contribution in [2.75, 3.05) is 32.1 Å². The zero-order valence-corrected chi connectivity index (χ0v) is 15.6. The number of anilines is 1. The molecule has 3 rings (SSSR count). The Morgan fingerprint density at radius 3 is 2.55 bits per heavy atom. The maximum atomic E-state index is 14.6. The summed E-state index contributed by atoms with van der Waals surface area (Å²) in [4.78, 5) is 38.9. The van der Waals surface area contributed by atoms with E-state index in [1.807, 2.05) is 0 Å². The Morgan fingerprint density at radius 2 is 1.90 bits per heavy atom. The van der Waals surface area contributed by atoms with E-state index in [9.17, 15) is 18.8 Å². The van der Waals surface area contributed by atoms with Gasteiger partial charge in [0.1, 0.15) is 11.5 Å². The Hall–Kier alpha value is -3.52. The quantitative estimate of drug-likeness (QED) is 0.545. The van der Waals surface area contributed by atoms with Crippen molar-refractivity contribution in [3.63, 3.8) is 0 Å². The molecule has 150 valence electrons. The maximum absolute atomic E-state index is 14.6. The number of rotatable bonds is 7. The molecule has 1 heterocycles. The van der Waals surface area contributed by atoms with E-state index in [-0.39, 0.29) is 42.2 Å². The van der Waals surface area contributed by atoms with Crippen LogP contribution in [0.2, 0.25) is 0 Å². The van der Waals surface area contributed by atoms with Crippen LogP contribution in [0.3, 0.4) is 0 Å². The highest BCUT2D eigenvalue weighted by Gasteiger charge is 2.35. The monoisotopic (exact) mass is 398 g/mol. The second-order valence-corrected chi connectivity index (χ2v) is 6.28. The van der Waals surface area contributed by atoms with Crippen LogP contribution >= 0.6 is 0 Å². The molecule has 29 heavy (non-hydrogen) atoms. The van der Waals surface area contributed by atoms with Crippen LogP contribution in [0, 0.1) is 5.82 Å². The molecule has 0 aliphatic carbocycles. The molecule has 2 N–H and O–H groups in total. The molecular formula is C21H19FN2O5. The molecule has 7 nitrogen and oxygen atoms in total. The second-order valence-electron chi connectivity index (χ2n) is 6.28. The Labute approximate surface area is 166 Å². The Balaban J connectivity index is 2.04. The number of benzene rings is 2. The van der Waals surface area contributed by atoms with E-state index in [0.717, 1.165) is 6.07 Å². The fourth-order valence-electron chi connectivity index (χ4n) is 3.06. The summed E-state index contributed by atoms with van der Waals surface area (Å²) in [5, 5.41) is 11.8. The number of nitrogens with one attached hydrogen (secondary N) is 1. The molecule has 0 fully saturated rings. The molecule has 0 saturated carbocycles. The van der Waals surface area contributed by atoms with Crippen LogP contribution in [-0.2, 0) is 14.3 Å². The molecule has 0 bridgehead atoms. The van der Waals surface area contributed by atoms with E-state index in [1.165, 1.54) is 24.1 Å². The molecule has 1 amide bonds. The van der Waals surface area contributed by atoms with Crippen LogP contribution < -0.4 is 5.32 Å². The summed E-state index contributed by atoms with van der Waals surface area (Å²) < 4.78 is 19.4. The molecular weight excluding hydrogens is 379 g/mol. The van der Waals surface area contributed by atoms with E-state index >= 15 is 0 Å². The maximum Gasteiger partial charge on any atom is 0.337 e. The number of para-hydroxylation sites is 1. The number of β-amino-alcohol motifs (C(OH)–C–C–N with tert-alkyl or cyclic N) is 1. The third-order valence-corrected chi connectivity index (χ3v) is 4.50. The van der Waals surface area contributed by atoms with Crippen LogP contribution in [0.15, 0.2) is 59.8 Å². The van der Waals surface area contributed by atoms with Gasteiger partial charge in [0.05, 0.1) is 31.5 Å². The number of aliphatic hydroxyl groups is 1. The summed E-state index contributed by atoms with van der Waals surface area (Å²) in [7, 11) is 1.17. The van der Waals surface area contributed by atoms with Crippen molar-refractivity contribution >= 4 is 23.3 Å². The molecule has 2 aromatic rings. The van der Waals surface area contributed by atoms with Crippen LogP contribution in [0.25, 0.3) is 0 Å². The molecule has 0 spiro atoms. The van der Waals surface area contributed by atoms with Gasteiger partial charge in [0.15, 0.2) is 5.78 Å². The Morgan fingerprint density at radius 1 is 1.17 bits per heavy atom. The van der Waals surface area contributed by atoms with E-state index < -0.39 is 23.5 Å². The molecule has 0 radical (unpaired) electrons. The minimum atomic E-state index is -0.756. The number of carbonyl (C=O) groups excluding carboxylic acids is 3. The third-order valence-electron chi connectivity index (χ3n) is 4.50. The van der Waals surface area contributed by atoms with Crippen molar-refractivity contribution in [2.24, 2.45) is 0 Å². The number of ketones is 1. The lowest BCUT2D eigenvalue weighted by Crippen LogP contribution is -2.31. The number of hydrogen-bond acceptors (Lipinski definition) is 6. The summed E-state index contributed by atoms with van der Waals surface area (Å²) in [6.45, 7) is -0.396. The number of halogens is 1. The van der Waals surface area contributed by atoms with E-state index in [0.29, 0.717) is 5.56 Å². The predicted molar refractivity (Wildman–Crippen MR) is 103 cm³/mol. The van der Waals surface area contributed by atoms with E-state index in [2.05, 4.69) is 5.32 Å². The number of esters is 1. The van der Waals surface area contributed by atoms with Gasteiger partial charge in [-0.15, -0.1) is 0 Å². The first-order valence-electron chi connectivity index (χ1n) is 8.84. The molecule has 8 heteroatoms. The van der Waals surface area contributed by atoms with Gasteiger partial charge in [0.25, 0.3) is 5.91 Å². The first kappa shape index (κ1) is 20.2. The summed E-state index contributed by atoms with van der Waals surface area (Å²) in [6, 6.07) is 12.3. The highest BCUT2D eigenvalue weighted by molar-refractivity contribution is 6.14. The highest BCUT2D eigenvalue weighted by atomic mass is 19.1. The number of amides is 1. The Bertz CT molecular complexity index is 988. The summed E-state index contributed by atoms with van der Waals surface area (Å²) >= 11 is 0. The number of ether oxygens (including phenoxy) is 1. The largest absolute Gasteiger partial charge is 0.466 e. The number of hydrogen-bond donors (Lipinski definition) is 2. The van der Waals surface area contributed by atoms with Gasteiger partial charge in [0.2, 0.25) is 0 Å².